The van der Waals surface area contributed by atoms with E-state index in [1.807, 2.05) is 19.9 Å². The Morgan fingerprint density at radius 3 is 2.22 bits per heavy atom. The molecule has 0 atom stereocenters. The lowest BCUT2D eigenvalue weighted by atomic mass is 10.1. The van der Waals surface area contributed by atoms with Crippen LogP contribution in [0.2, 0.25) is 0 Å². The fourth-order valence-corrected chi connectivity index (χ4v) is 3.69. The van der Waals surface area contributed by atoms with Crippen LogP contribution in [0.1, 0.15) is 23.1 Å². The number of carbonyl (C=O) groups excluding carboxylic acids is 1. The maximum absolute atomic E-state index is 12.9. The molecule has 0 aliphatic carbocycles. The molecule has 0 aromatic heterocycles. The second-order valence-corrected chi connectivity index (χ2v) is 8.60. The van der Waals surface area contributed by atoms with Crippen LogP contribution in [0.25, 0.3) is 0 Å². The van der Waals surface area contributed by atoms with Gasteiger partial charge in [-0.25, -0.2) is 12.8 Å². The summed E-state index contributed by atoms with van der Waals surface area (Å²) < 4.78 is 38.3. The van der Waals surface area contributed by atoms with Gasteiger partial charge in [-0.3, -0.25) is 9.10 Å². The Morgan fingerprint density at radius 2 is 1.67 bits per heavy atom. The molecule has 0 spiro atoms. The smallest absolute Gasteiger partial charge is 0.240 e. The zero-order valence-corrected chi connectivity index (χ0v) is 16.6. The molecule has 1 N–H and O–H groups in total. The molecule has 0 aliphatic rings. The molecule has 0 saturated heterocycles. The zero-order valence-electron chi connectivity index (χ0n) is 15.8. The van der Waals surface area contributed by atoms with Gasteiger partial charge in [0.2, 0.25) is 15.9 Å². The number of anilines is 1. The monoisotopic (exact) mass is 392 g/mol. The third-order valence-corrected chi connectivity index (χ3v) is 5.20. The van der Waals surface area contributed by atoms with Crippen molar-refractivity contribution in [3.8, 4) is 0 Å². The second kappa shape index (κ2) is 8.99. The van der Waals surface area contributed by atoms with Crippen LogP contribution < -0.4 is 9.62 Å². The Bertz CT molecular complexity index is 876. The molecule has 0 saturated carbocycles. The lowest BCUT2D eigenvalue weighted by Gasteiger charge is -2.22. The van der Waals surface area contributed by atoms with E-state index in [9.17, 15) is 17.6 Å². The average molecular weight is 392 g/mol. The van der Waals surface area contributed by atoms with Crippen molar-refractivity contribution < 1.29 is 17.6 Å². The molecule has 146 valence electrons. The average Bonchev–Trinajstić information content (AvgIpc) is 2.56. The summed E-state index contributed by atoms with van der Waals surface area (Å²) in [5.74, 6) is -0.641. The van der Waals surface area contributed by atoms with E-state index in [1.165, 1.54) is 12.1 Å². The van der Waals surface area contributed by atoms with Gasteiger partial charge in [-0.1, -0.05) is 18.2 Å². The molecule has 0 radical (unpaired) electrons. The van der Waals surface area contributed by atoms with Gasteiger partial charge in [0, 0.05) is 6.54 Å². The summed E-state index contributed by atoms with van der Waals surface area (Å²) in [6, 6.07) is 11.7. The van der Waals surface area contributed by atoms with Crippen molar-refractivity contribution >= 4 is 21.6 Å². The lowest BCUT2D eigenvalue weighted by molar-refractivity contribution is -0.119. The van der Waals surface area contributed by atoms with Gasteiger partial charge in [-0.15, -0.1) is 0 Å². The molecule has 2 aromatic rings. The highest BCUT2D eigenvalue weighted by Crippen LogP contribution is 2.21. The number of nitrogens with one attached hydrogen (secondary N) is 1. The minimum atomic E-state index is -3.59. The molecule has 0 heterocycles. The van der Waals surface area contributed by atoms with E-state index in [-0.39, 0.29) is 18.3 Å². The maximum atomic E-state index is 12.9. The number of rotatable bonds is 8. The van der Waals surface area contributed by atoms with Gasteiger partial charge < -0.3 is 5.32 Å². The minimum Gasteiger partial charge on any atom is -0.355 e. The molecule has 27 heavy (non-hydrogen) atoms. The van der Waals surface area contributed by atoms with E-state index >= 15 is 0 Å². The van der Waals surface area contributed by atoms with Gasteiger partial charge in [0.05, 0.1) is 11.9 Å². The lowest BCUT2D eigenvalue weighted by Crippen LogP contribution is -2.40. The molecule has 0 bridgehead atoms. The largest absolute Gasteiger partial charge is 0.355 e. The highest BCUT2D eigenvalue weighted by Gasteiger charge is 2.21. The van der Waals surface area contributed by atoms with Crippen molar-refractivity contribution in [3.05, 3.63) is 65.0 Å². The van der Waals surface area contributed by atoms with Crippen molar-refractivity contribution in [3.63, 3.8) is 0 Å². The van der Waals surface area contributed by atoms with Crippen LogP contribution in [-0.2, 0) is 21.2 Å². The third-order valence-electron chi connectivity index (χ3n) is 4.06. The number of nitrogens with zero attached hydrogens (tertiary/aromatic N) is 1. The quantitative estimate of drug-likeness (QED) is 0.703. The number of aryl methyl sites for hydroxylation is 3. The van der Waals surface area contributed by atoms with Crippen LogP contribution in [0, 0.1) is 19.7 Å². The summed E-state index contributed by atoms with van der Waals surface area (Å²) in [6.45, 7) is 3.91. The fourth-order valence-electron chi connectivity index (χ4n) is 2.85. The summed E-state index contributed by atoms with van der Waals surface area (Å²) >= 11 is 0. The van der Waals surface area contributed by atoms with Crippen LogP contribution in [0.5, 0.6) is 0 Å². The minimum absolute atomic E-state index is 0.266. The van der Waals surface area contributed by atoms with E-state index in [2.05, 4.69) is 5.32 Å². The van der Waals surface area contributed by atoms with Crippen LogP contribution >= 0.6 is 0 Å². The summed E-state index contributed by atoms with van der Waals surface area (Å²) in [4.78, 5) is 12.2. The van der Waals surface area contributed by atoms with E-state index in [0.717, 1.165) is 27.3 Å². The van der Waals surface area contributed by atoms with Crippen LogP contribution in [0.15, 0.2) is 42.5 Å². The SMILES string of the molecule is Cc1cc(C)cc(N(CC(=O)NCCCc2ccc(F)cc2)S(C)(=O)=O)c1. The zero-order chi connectivity index (χ0) is 20.0. The van der Waals surface area contributed by atoms with Crippen molar-refractivity contribution in [1.82, 2.24) is 5.32 Å². The molecule has 7 heteroatoms. The Hall–Kier alpha value is -2.41. The van der Waals surface area contributed by atoms with Crippen LogP contribution in [0.3, 0.4) is 0 Å². The summed E-state index contributed by atoms with van der Waals surface area (Å²) in [6.07, 6.45) is 2.47. The molecule has 0 unspecified atom stereocenters. The van der Waals surface area contributed by atoms with E-state index in [4.69, 9.17) is 0 Å². The molecule has 1 amide bonds. The highest BCUT2D eigenvalue weighted by molar-refractivity contribution is 7.92. The predicted octanol–water partition coefficient (Wildman–Crippen LogP) is 2.96. The normalized spacial score (nSPS) is 11.3. The first-order valence-corrected chi connectivity index (χ1v) is 10.6. The number of benzene rings is 2. The summed E-state index contributed by atoms with van der Waals surface area (Å²) in [5, 5.41) is 2.75. The van der Waals surface area contributed by atoms with Crippen molar-refractivity contribution in [2.75, 3.05) is 23.7 Å². The van der Waals surface area contributed by atoms with Crippen molar-refractivity contribution in [1.29, 1.82) is 0 Å². The number of amides is 1. The molecular formula is C20H25FN2O3S. The van der Waals surface area contributed by atoms with E-state index in [0.29, 0.717) is 25.1 Å². The molecule has 0 fully saturated rings. The number of sulfonamides is 1. The topological polar surface area (TPSA) is 66.5 Å². The maximum Gasteiger partial charge on any atom is 0.240 e. The summed E-state index contributed by atoms with van der Waals surface area (Å²) in [5.41, 5.74) is 3.33. The van der Waals surface area contributed by atoms with Gasteiger partial charge in [0.25, 0.3) is 0 Å². The Kier molecular flexibility index (Phi) is 6.96. The number of halogens is 1. The third kappa shape index (κ3) is 6.67. The van der Waals surface area contributed by atoms with Crippen molar-refractivity contribution in [2.24, 2.45) is 0 Å². The van der Waals surface area contributed by atoms with Crippen LogP contribution in [0.4, 0.5) is 10.1 Å². The Labute approximate surface area is 160 Å². The second-order valence-electron chi connectivity index (χ2n) is 6.70. The van der Waals surface area contributed by atoms with Crippen LogP contribution in [-0.4, -0.2) is 33.7 Å². The summed E-state index contributed by atoms with van der Waals surface area (Å²) in [7, 11) is -3.59. The predicted molar refractivity (Wildman–Crippen MR) is 106 cm³/mol. The molecular weight excluding hydrogens is 367 g/mol. The van der Waals surface area contributed by atoms with Gasteiger partial charge in [-0.2, -0.15) is 0 Å². The van der Waals surface area contributed by atoms with E-state index < -0.39 is 10.0 Å². The fraction of sp³-hybridized carbons (Fsp3) is 0.350. The Balaban J connectivity index is 1.93. The number of hydrogen-bond acceptors (Lipinski definition) is 3. The van der Waals surface area contributed by atoms with Gasteiger partial charge >= 0.3 is 0 Å². The first-order chi connectivity index (χ1) is 12.6. The first-order valence-electron chi connectivity index (χ1n) is 8.72. The first kappa shape index (κ1) is 20.9. The standard InChI is InChI=1S/C20H25FN2O3S/c1-15-11-16(2)13-19(12-15)23(27(3,25)26)14-20(24)22-10-4-5-17-6-8-18(21)9-7-17/h6-9,11-13H,4-5,10,14H2,1-3H3,(H,22,24). The number of carbonyl (C=O) groups is 1. The van der Waals surface area contributed by atoms with Gasteiger partial charge in [0.15, 0.2) is 0 Å². The van der Waals surface area contributed by atoms with Gasteiger partial charge in [0.1, 0.15) is 12.4 Å². The van der Waals surface area contributed by atoms with Crippen molar-refractivity contribution in [2.45, 2.75) is 26.7 Å². The Morgan fingerprint density at radius 1 is 1.07 bits per heavy atom. The van der Waals surface area contributed by atoms with Gasteiger partial charge in [-0.05, 0) is 67.6 Å². The number of hydrogen-bond donors (Lipinski definition) is 1. The van der Waals surface area contributed by atoms with E-state index in [1.54, 1.807) is 24.3 Å². The molecule has 2 rings (SSSR count). The molecule has 0 aliphatic heterocycles. The molecule has 5 nitrogen and oxygen atoms in total. The highest BCUT2D eigenvalue weighted by atomic mass is 32.2. The molecule has 2 aromatic carbocycles.